The molecule has 1 aromatic carbocycles. The molecule has 27 heavy (non-hydrogen) atoms. The molecular formula is C21H22N6. The van der Waals surface area contributed by atoms with Crippen LogP contribution in [0.3, 0.4) is 0 Å². The van der Waals surface area contributed by atoms with Crippen LogP contribution in [0, 0.1) is 0 Å². The predicted molar refractivity (Wildman–Crippen MR) is 109 cm³/mol. The molecule has 6 nitrogen and oxygen atoms in total. The summed E-state index contributed by atoms with van der Waals surface area (Å²) in [5, 5.41) is 8.04. The lowest BCUT2D eigenvalue weighted by molar-refractivity contribution is 0.911. The summed E-state index contributed by atoms with van der Waals surface area (Å²) in [6, 6.07) is 14.3. The van der Waals surface area contributed by atoms with E-state index in [0.29, 0.717) is 0 Å². The number of nitrogens with zero attached hydrogens (tertiary/aromatic N) is 5. The Labute approximate surface area is 158 Å². The summed E-state index contributed by atoms with van der Waals surface area (Å²) in [6.07, 6.45) is 8.30. The molecular weight excluding hydrogens is 336 g/mol. The summed E-state index contributed by atoms with van der Waals surface area (Å²) >= 11 is 0. The van der Waals surface area contributed by atoms with E-state index in [1.165, 1.54) is 5.56 Å². The van der Waals surface area contributed by atoms with Crippen molar-refractivity contribution in [2.24, 2.45) is 0 Å². The summed E-state index contributed by atoms with van der Waals surface area (Å²) < 4.78 is 1.87. The van der Waals surface area contributed by atoms with Gasteiger partial charge in [0.05, 0.1) is 6.20 Å². The summed E-state index contributed by atoms with van der Waals surface area (Å²) in [5.41, 5.74) is 5.34. The molecule has 0 aliphatic rings. The van der Waals surface area contributed by atoms with Crippen LogP contribution in [0.25, 0.3) is 16.8 Å². The third-order valence-electron chi connectivity index (χ3n) is 4.52. The van der Waals surface area contributed by atoms with Gasteiger partial charge in [-0.1, -0.05) is 24.3 Å². The van der Waals surface area contributed by atoms with Gasteiger partial charge in [0.2, 0.25) is 0 Å². The average Bonchev–Trinajstić information content (AvgIpc) is 3.13. The highest BCUT2D eigenvalue weighted by Crippen LogP contribution is 2.32. The Bertz CT molecular complexity index is 1040. The van der Waals surface area contributed by atoms with Crippen molar-refractivity contribution in [1.29, 1.82) is 0 Å². The number of pyridine rings is 1. The number of hydrogen-bond donors (Lipinski definition) is 1. The van der Waals surface area contributed by atoms with Crippen LogP contribution >= 0.6 is 0 Å². The highest BCUT2D eigenvalue weighted by atomic mass is 15.3. The fourth-order valence-corrected chi connectivity index (χ4v) is 3.19. The number of fused-ring (bicyclic) bond motifs is 1. The normalized spacial score (nSPS) is 10.9. The Hall–Kier alpha value is -3.41. The molecule has 6 heteroatoms. The number of para-hydroxylation sites is 1. The number of rotatable bonds is 6. The first-order valence-corrected chi connectivity index (χ1v) is 8.96. The lowest BCUT2D eigenvalue weighted by Crippen LogP contribution is -2.10. The van der Waals surface area contributed by atoms with Gasteiger partial charge in [-0.05, 0) is 30.2 Å². The largest absolute Gasteiger partial charge is 0.377 e. The van der Waals surface area contributed by atoms with Gasteiger partial charge in [0.15, 0.2) is 5.65 Å². The van der Waals surface area contributed by atoms with Crippen molar-refractivity contribution >= 4 is 17.2 Å². The minimum absolute atomic E-state index is 0.800. The third-order valence-corrected chi connectivity index (χ3v) is 4.52. The quantitative estimate of drug-likeness (QED) is 0.572. The van der Waals surface area contributed by atoms with E-state index in [1.807, 2.05) is 61.5 Å². The molecule has 0 spiro atoms. The molecule has 4 rings (SSSR count). The maximum absolute atomic E-state index is 4.58. The van der Waals surface area contributed by atoms with Crippen molar-refractivity contribution in [3.05, 3.63) is 72.8 Å². The maximum atomic E-state index is 4.58. The molecule has 1 N–H and O–H groups in total. The summed E-state index contributed by atoms with van der Waals surface area (Å²) in [6.45, 7) is 0.800. The van der Waals surface area contributed by atoms with E-state index >= 15 is 0 Å². The van der Waals surface area contributed by atoms with Crippen molar-refractivity contribution in [3.8, 4) is 11.1 Å². The summed E-state index contributed by atoms with van der Waals surface area (Å²) in [4.78, 5) is 10.8. The Balaban J connectivity index is 1.62. The zero-order valence-electron chi connectivity index (χ0n) is 15.5. The molecule has 3 aromatic heterocycles. The van der Waals surface area contributed by atoms with Gasteiger partial charge in [-0.15, -0.1) is 0 Å². The first-order valence-electron chi connectivity index (χ1n) is 8.96. The summed E-state index contributed by atoms with van der Waals surface area (Å²) in [5.74, 6) is 0.928. The molecule has 0 fully saturated rings. The van der Waals surface area contributed by atoms with E-state index in [2.05, 4.69) is 43.5 Å². The van der Waals surface area contributed by atoms with E-state index in [1.54, 1.807) is 6.20 Å². The molecule has 0 aliphatic carbocycles. The van der Waals surface area contributed by atoms with Crippen LogP contribution in [-0.4, -0.2) is 40.2 Å². The molecule has 0 atom stereocenters. The number of benzene rings is 1. The van der Waals surface area contributed by atoms with E-state index in [-0.39, 0.29) is 0 Å². The molecule has 0 unspecified atom stereocenters. The van der Waals surface area contributed by atoms with Crippen molar-refractivity contribution in [2.45, 2.75) is 6.42 Å². The lowest BCUT2D eigenvalue weighted by atomic mass is 10.1. The van der Waals surface area contributed by atoms with Crippen LogP contribution in [0.15, 0.2) is 67.3 Å². The van der Waals surface area contributed by atoms with Crippen LogP contribution in [0.4, 0.5) is 11.5 Å². The zero-order valence-corrected chi connectivity index (χ0v) is 15.5. The molecule has 4 aromatic rings. The van der Waals surface area contributed by atoms with Crippen LogP contribution < -0.4 is 10.2 Å². The van der Waals surface area contributed by atoms with Crippen molar-refractivity contribution < 1.29 is 0 Å². The Kier molecular flexibility index (Phi) is 4.70. The van der Waals surface area contributed by atoms with Gasteiger partial charge < -0.3 is 10.2 Å². The Morgan fingerprint density at radius 2 is 1.85 bits per heavy atom. The standard InChI is InChI=1S/C21H22N6/c1-26(2)19-8-4-3-7-17(19)18-15-25-27-20(10-13-24-21(18)27)23-12-9-16-6-5-11-22-14-16/h3-8,10-11,13-15,23H,9,12H2,1-2H3. The first kappa shape index (κ1) is 17.0. The molecule has 0 amide bonds. The van der Waals surface area contributed by atoms with Crippen LogP contribution in [-0.2, 0) is 6.42 Å². The molecule has 0 radical (unpaired) electrons. The average molecular weight is 358 g/mol. The number of anilines is 2. The highest BCUT2D eigenvalue weighted by Gasteiger charge is 2.14. The summed E-state index contributed by atoms with van der Waals surface area (Å²) in [7, 11) is 4.09. The maximum Gasteiger partial charge on any atom is 0.165 e. The topological polar surface area (TPSA) is 58.4 Å². The second-order valence-corrected chi connectivity index (χ2v) is 6.57. The minimum Gasteiger partial charge on any atom is -0.377 e. The van der Waals surface area contributed by atoms with Crippen molar-refractivity contribution in [2.75, 3.05) is 30.9 Å². The Morgan fingerprint density at radius 3 is 2.67 bits per heavy atom. The van der Waals surface area contributed by atoms with Crippen molar-refractivity contribution in [1.82, 2.24) is 19.6 Å². The fourth-order valence-electron chi connectivity index (χ4n) is 3.19. The second kappa shape index (κ2) is 7.45. The van der Waals surface area contributed by atoms with Gasteiger partial charge in [-0.2, -0.15) is 9.61 Å². The molecule has 3 heterocycles. The molecule has 0 bridgehead atoms. The van der Waals surface area contributed by atoms with Crippen LogP contribution in [0.1, 0.15) is 5.56 Å². The predicted octanol–water partition coefficient (Wildman–Crippen LogP) is 3.51. The minimum atomic E-state index is 0.800. The number of hydrogen-bond acceptors (Lipinski definition) is 5. The second-order valence-electron chi connectivity index (χ2n) is 6.57. The third kappa shape index (κ3) is 3.46. The molecule has 0 aliphatic heterocycles. The van der Waals surface area contributed by atoms with E-state index in [0.717, 1.165) is 41.2 Å². The van der Waals surface area contributed by atoms with E-state index < -0.39 is 0 Å². The van der Waals surface area contributed by atoms with Gasteiger partial charge in [-0.25, -0.2) is 4.98 Å². The van der Waals surface area contributed by atoms with Gasteiger partial charge >= 0.3 is 0 Å². The van der Waals surface area contributed by atoms with Gasteiger partial charge in [0, 0.05) is 56.0 Å². The zero-order chi connectivity index (χ0) is 18.6. The fraction of sp³-hybridized carbons (Fsp3) is 0.190. The lowest BCUT2D eigenvalue weighted by Gasteiger charge is -2.16. The SMILES string of the molecule is CN(C)c1ccccc1-c1cnn2c(NCCc3cccnc3)ccnc12. The number of nitrogens with one attached hydrogen (secondary N) is 1. The monoisotopic (exact) mass is 358 g/mol. The highest BCUT2D eigenvalue weighted by molar-refractivity contribution is 5.86. The Morgan fingerprint density at radius 1 is 0.963 bits per heavy atom. The van der Waals surface area contributed by atoms with Crippen molar-refractivity contribution in [3.63, 3.8) is 0 Å². The molecule has 0 saturated heterocycles. The van der Waals surface area contributed by atoms with Crippen LogP contribution in [0.2, 0.25) is 0 Å². The van der Waals surface area contributed by atoms with E-state index in [9.17, 15) is 0 Å². The van der Waals surface area contributed by atoms with Gasteiger partial charge in [0.1, 0.15) is 5.82 Å². The van der Waals surface area contributed by atoms with Gasteiger partial charge in [-0.3, -0.25) is 4.98 Å². The van der Waals surface area contributed by atoms with E-state index in [4.69, 9.17) is 0 Å². The number of aromatic nitrogens is 4. The molecule has 0 saturated carbocycles. The first-order chi connectivity index (χ1) is 13.2. The van der Waals surface area contributed by atoms with Gasteiger partial charge in [0.25, 0.3) is 0 Å². The molecule has 136 valence electrons. The smallest absolute Gasteiger partial charge is 0.165 e. The van der Waals surface area contributed by atoms with Crippen LogP contribution in [0.5, 0.6) is 0 Å².